The van der Waals surface area contributed by atoms with Crippen LogP contribution in [0, 0.1) is 6.92 Å². The van der Waals surface area contributed by atoms with Gasteiger partial charge in [-0.1, -0.05) is 13.0 Å². The number of hydrogen-bond donors (Lipinski definition) is 1. The molecule has 1 atom stereocenters. The third-order valence-electron chi connectivity index (χ3n) is 4.02. The van der Waals surface area contributed by atoms with Crippen molar-refractivity contribution in [2.24, 2.45) is 0 Å². The van der Waals surface area contributed by atoms with Crippen LogP contribution >= 0.6 is 0 Å². The fraction of sp³-hybridized carbons (Fsp3) is 0.562. The van der Waals surface area contributed by atoms with Crippen molar-refractivity contribution in [2.75, 3.05) is 26.3 Å². The molecule has 6 nitrogen and oxygen atoms in total. The van der Waals surface area contributed by atoms with Crippen LogP contribution in [0.4, 0.5) is 0 Å². The molecule has 128 valence electrons. The first-order chi connectivity index (χ1) is 10.8. The van der Waals surface area contributed by atoms with E-state index in [2.05, 4.69) is 4.72 Å². The van der Waals surface area contributed by atoms with Gasteiger partial charge < -0.3 is 9.64 Å². The van der Waals surface area contributed by atoms with Gasteiger partial charge in [-0.2, -0.15) is 0 Å². The molecule has 1 fully saturated rings. The maximum absolute atomic E-state index is 12.6. The second-order valence-corrected chi connectivity index (χ2v) is 7.53. The van der Waals surface area contributed by atoms with Crippen LogP contribution in [-0.4, -0.2) is 51.6 Å². The fourth-order valence-electron chi connectivity index (χ4n) is 2.35. The van der Waals surface area contributed by atoms with Gasteiger partial charge in [-0.15, -0.1) is 0 Å². The molecule has 0 saturated carbocycles. The molecule has 2 rings (SSSR count). The highest BCUT2D eigenvalue weighted by atomic mass is 32.2. The lowest BCUT2D eigenvalue weighted by atomic mass is 10.1. The Morgan fingerprint density at radius 3 is 2.61 bits per heavy atom. The molecule has 1 aliphatic heterocycles. The number of nitrogens with zero attached hydrogens (tertiary/aromatic N) is 1. The van der Waals surface area contributed by atoms with E-state index in [0.29, 0.717) is 38.3 Å². The van der Waals surface area contributed by atoms with Crippen molar-refractivity contribution in [3.63, 3.8) is 0 Å². The summed E-state index contributed by atoms with van der Waals surface area (Å²) in [5.41, 5.74) is 1.20. The van der Waals surface area contributed by atoms with Crippen molar-refractivity contribution < 1.29 is 17.9 Å². The van der Waals surface area contributed by atoms with Crippen molar-refractivity contribution in [1.29, 1.82) is 0 Å². The molecular weight excluding hydrogens is 316 g/mol. The third kappa shape index (κ3) is 4.31. The van der Waals surface area contributed by atoms with Gasteiger partial charge in [0.2, 0.25) is 10.0 Å². The number of ether oxygens (including phenoxy) is 1. The molecule has 0 unspecified atom stereocenters. The summed E-state index contributed by atoms with van der Waals surface area (Å²) in [7, 11) is -3.62. The molecule has 0 aliphatic carbocycles. The highest BCUT2D eigenvalue weighted by Gasteiger charge is 2.23. The van der Waals surface area contributed by atoms with Crippen LogP contribution in [-0.2, 0) is 14.8 Å². The van der Waals surface area contributed by atoms with Gasteiger partial charge in [0.25, 0.3) is 5.91 Å². The molecular formula is C16H24N2O4S. The van der Waals surface area contributed by atoms with Crippen LogP contribution in [0.3, 0.4) is 0 Å². The van der Waals surface area contributed by atoms with E-state index in [0.717, 1.165) is 5.56 Å². The molecule has 0 bridgehead atoms. The first-order valence-electron chi connectivity index (χ1n) is 7.85. The predicted octanol–water partition coefficient (Wildman–Crippen LogP) is 1.54. The molecule has 1 aromatic carbocycles. The van der Waals surface area contributed by atoms with Crippen LogP contribution in [0.25, 0.3) is 0 Å². The zero-order chi connectivity index (χ0) is 17.0. The normalized spacial score (nSPS) is 17.1. The van der Waals surface area contributed by atoms with Crippen LogP contribution in [0.15, 0.2) is 23.1 Å². The number of morpholine rings is 1. The molecule has 1 aromatic rings. The Morgan fingerprint density at radius 1 is 1.35 bits per heavy atom. The molecule has 1 saturated heterocycles. The number of rotatable bonds is 5. The average Bonchev–Trinajstić information content (AvgIpc) is 2.54. The van der Waals surface area contributed by atoms with Gasteiger partial charge in [-0.3, -0.25) is 4.79 Å². The van der Waals surface area contributed by atoms with Gasteiger partial charge in [0.1, 0.15) is 0 Å². The Morgan fingerprint density at radius 2 is 2.00 bits per heavy atom. The molecule has 1 heterocycles. The highest BCUT2D eigenvalue weighted by molar-refractivity contribution is 7.89. The molecule has 1 aliphatic rings. The Kier molecular flexibility index (Phi) is 5.78. The summed E-state index contributed by atoms with van der Waals surface area (Å²) in [5, 5.41) is 0. The predicted molar refractivity (Wildman–Crippen MR) is 88.0 cm³/mol. The molecule has 0 aromatic heterocycles. The molecule has 1 N–H and O–H groups in total. The maximum Gasteiger partial charge on any atom is 0.254 e. The number of carbonyl (C=O) groups excluding carboxylic acids is 1. The zero-order valence-corrected chi connectivity index (χ0v) is 14.6. The quantitative estimate of drug-likeness (QED) is 0.882. The van der Waals surface area contributed by atoms with Crippen molar-refractivity contribution in [3.8, 4) is 0 Å². The molecule has 1 amide bonds. The van der Waals surface area contributed by atoms with Crippen LogP contribution in [0.2, 0.25) is 0 Å². The average molecular weight is 340 g/mol. The number of carbonyl (C=O) groups is 1. The smallest absolute Gasteiger partial charge is 0.254 e. The van der Waals surface area contributed by atoms with E-state index < -0.39 is 10.0 Å². The summed E-state index contributed by atoms with van der Waals surface area (Å²) >= 11 is 0. The maximum atomic E-state index is 12.6. The third-order valence-corrected chi connectivity index (χ3v) is 5.60. The van der Waals surface area contributed by atoms with E-state index in [-0.39, 0.29) is 16.8 Å². The van der Waals surface area contributed by atoms with E-state index in [1.807, 2.05) is 20.8 Å². The van der Waals surface area contributed by atoms with Crippen LogP contribution < -0.4 is 4.72 Å². The largest absolute Gasteiger partial charge is 0.378 e. The fourth-order valence-corrected chi connectivity index (χ4v) is 3.70. The Hall–Kier alpha value is -1.44. The zero-order valence-electron chi connectivity index (χ0n) is 13.8. The first-order valence-corrected chi connectivity index (χ1v) is 9.33. The van der Waals surface area contributed by atoms with Gasteiger partial charge in [0.05, 0.1) is 18.1 Å². The molecule has 0 radical (unpaired) electrons. The van der Waals surface area contributed by atoms with Crippen molar-refractivity contribution in [3.05, 3.63) is 29.3 Å². The lowest BCUT2D eigenvalue weighted by Gasteiger charge is -2.27. The minimum absolute atomic E-state index is 0.125. The minimum Gasteiger partial charge on any atom is -0.378 e. The second-order valence-electron chi connectivity index (χ2n) is 5.81. The summed E-state index contributed by atoms with van der Waals surface area (Å²) in [6, 6.07) is 4.53. The number of aryl methyl sites for hydroxylation is 1. The van der Waals surface area contributed by atoms with E-state index >= 15 is 0 Å². The monoisotopic (exact) mass is 340 g/mol. The topological polar surface area (TPSA) is 75.7 Å². The second kappa shape index (κ2) is 7.42. The Bertz CT molecular complexity index is 667. The van der Waals surface area contributed by atoms with Crippen molar-refractivity contribution in [2.45, 2.75) is 38.1 Å². The summed E-state index contributed by atoms with van der Waals surface area (Å²) < 4.78 is 32.7. The van der Waals surface area contributed by atoms with E-state index in [1.54, 1.807) is 11.0 Å². The van der Waals surface area contributed by atoms with Crippen LogP contribution in [0.1, 0.15) is 36.2 Å². The number of hydrogen-bond acceptors (Lipinski definition) is 4. The summed E-state index contributed by atoms with van der Waals surface area (Å²) in [6.45, 7) is 7.62. The molecule has 23 heavy (non-hydrogen) atoms. The number of sulfonamides is 1. The van der Waals surface area contributed by atoms with E-state index in [4.69, 9.17) is 4.74 Å². The van der Waals surface area contributed by atoms with Gasteiger partial charge in [0.15, 0.2) is 0 Å². The Balaban J connectivity index is 2.30. The van der Waals surface area contributed by atoms with Gasteiger partial charge >= 0.3 is 0 Å². The number of amides is 1. The lowest BCUT2D eigenvalue weighted by Crippen LogP contribution is -2.41. The van der Waals surface area contributed by atoms with E-state index in [1.165, 1.54) is 12.1 Å². The molecule has 7 heteroatoms. The van der Waals surface area contributed by atoms with Crippen molar-refractivity contribution in [1.82, 2.24) is 9.62 Å². The van der Waals surface area contributed by atoms with Gasteiger partial charge in [-0.25, -0.2) is 13.1 Å². The standard InChI is InChI=1S/C16H24N2O4S/c1-4-13(3)17-23(20,21)14-6-5-12(2)15(11-14)16(19)18-7-9-22-10-8-18/h5-6,11,13,17H,4,7-10H2,1-3H3/t13-/m1/s1. The summed E-state index contributed by atoms with van der Waals surface area (Å²) in [4.78, 5) is 14.5. The van der Waals surface area contributed by atoms with Gasteiger partial charge in [0, 0.05) is 24.7 Å². The van der Waals surface area contributed by atoms with Crippen LogP contribution in [0.5, 0.6) is 0 Å². The number of benzene rings is 1. The minimum atomic E-state index is -3.62. The first kappa shape index (κ1) is 17.9. The lowest BCUT2D eigenvalue weighted by molar-refractivity contribution is 0.0302. The van der Waals surface area contributed by atoms with Gasteiger partial charge in [-0.05, 0) is 38.0 Å². The summed E-state index contributed by atoms with van der Waals surface area (Å²) in [5.74, 6) is -0.147. The van der Waals surface area contributed by atoms with Crippen molar-refractivity contribution >= 4 is 15.9 Å². The molecule has 0 spiro atoms. The number of nitrogens with one attached hydrogen (secondary N) is 1. The van der Waals surface area contributed by atoms with E-state index in [9.17, 15) is 13.2 Å². The summed E-state index contributed by atoms with van der Waals surface area (Å²) in [6.07, 6.45) is 0.699. The Labute approximate surface area is 137 Å². The SMILES string of the molecule is CC[C@@H](C)NS(=O)(=O)c1ccc(C)c(C(=O)N2CCOCC2)c1. The highest BCUT2D eigenvalue weighted by Crippen LogP contribution is 2.18.